The molecule has 0 fully saturated rings. The van der Waals surface area contributed by atoms with Gasteiger partial charge in [0.15, 0.2) is 5.01 Å². The minimum Gasteiger partial charge on any atom is -0.486 e. The van der Waals surface area contributed by atoms with E-state index in [4.69, 9.17) is 16.3 Å². The number of halogens is 1. The van der Waals surface area contributed by atoms with E-state index < -0.39 is 0 Å². The largest absolute Gasteiger partial charge is 0.486 e. The van der Waals surface area contributed by atoms with Crippen LogP contribution in [0.25, 0.3) is 0 Å². The lowest BCUT2D eigenvalue weighted by Crippen LogP contribution is -2.30. The standard InChI is InChI=1S/C20H19ClN4O3S/c1-12(2)22-18(26)13-3-7-15(8-4-13)23-19(27)20-25-24-17(29-20)11-28-16-9-5-14(21)6-10-16/h3-10,12H,11H2,1-2H3,(H,22,26)(H,23,27). The van der Waals surface area contributed by atoms with E-state index in [0.717, 1.165) is 11.3 Å². The number of anilines is 1. The zero-order chi connectivity index (χ0) is 20.8. The number of rotatable bonds is 7. The number of amides is 2. The predicted octanol–water partition coefficient (Wildman–Crippen LogP) is 4.16. The number of benzene rings is 2. The van der Waals surface area contributed by atoms with Crippen LogP contribution in [0.2, 0.25) is 5.02 Å². The Kier molecular flexibility index (Phi) is 6.79. The number of nitrogens with zero attached hydrogens (tertiary/aromatic N) is 2. The maximum absolute atomic E-state index is 12.4. The summed E-state index contributed by atoms with van der Waals surface area (Å²) in [6.45, 7) is 3.98. The summed E-state index contributed by atoms with van der Waals surface area (Å²) in [6.07, 6.45) is 0. The van der Waals surface area contributed by atoms with Crippen LogP contribution in [0.1, 0.15) is 39.0 Å². The van der Waals surface area contributed by atoms with Gasteiger partial charge in [-0.3, -0.25) is 9.59 Å². The van der Waals surface area contributed by atoms with Crippen LogP contribution in [-0.2, 0) is 6.61 Å². The number of carbonyl (C=O) groups excluding carboxylic acids is 2. The summed E-state index contributed by atoms with van der Waals surface area (Å²) < 4.78 is 5.60. The molecular weight excluding hydrogens is 412 g/mol. The SMILES string of the molecule is CC(C)NC(=O)c1ccc(NC(=O)c2nnc(COc3ccc(Cl)cc3)s2)cc1. The molecule has 0 saturated heterocycles. The van der Waals surface area contributed by atoms with E-state index in [1.54, 1.807) is 48.5 Å². The van der Waals surface area contributed by atoms with Crippen LogP contribution in [0, 0.1) is 0 Å². The Morgan fingerprint density at radius 2 is 1.72 bits per heavy atom. The highest BCUT2D eigenvalue weighted by molar-refractivity contribution is 7.13. The van der Waals surface area contributed by atoms with Crippen LogP contribution >= 0.6 is 22.9 Å². The van der Waals surface area contributed by atoms with E-state index in [-0.39, 0.29) is 29.5 Å². The van der Waals surface area contributed by atoms with Gasteiger partial charge >= 0.3 is 0 Å². The summed E-state index contributed by atoms with van der Waals surface area (Å²) >= 11 is 6.99. The lowest BCUT2D eigenvalue weighted by Gasteiger charge is -2.09. The highest BCUT2D eigenvalue weighted by atomic mass is 35.5. The van der Waals surface area contributed by atoms with Crippen LogP contribution in [0.4, 0.5) is 5.69 Å². The van der Waals surface area contributed by atoms with E-state index in [0.29, 0.717) is 27.0 Å². The van der Waals surface area contributed by atoms with Crippen LogP contribution in [0.3, 0.4) is 0 Å². The second kappa shape index (κ2) is 9.49. The molecule has 0 radical (unpaired) electrons. The van der Waals surface area contributed by atoms with E-state index >= 15 is 0 Å². The summed E-state index contributed by atoms with van der Waals surface area (Å²) in [5.74, 6) is 0.115. The first-order chi connectivity index (χ1) is 13.9. The Balaban J connectivity index is 1.55. The zero-order valence-corrected chi connectivity index (χ0v) is 17.4. The molecule has 150 valence electrons. The van der Waals surface area contributed by atoms with Crippen molar-refractivity contribution in [3.63, 3.8) is 0 Å². The van der Waals surface area contributed by atoms with E-state index in [1.165, 1.54) is 0 Å². The molecule has 2 N–H and O–H groups in total. The minimum atomic E-state index is -0.375. The van der Waals surface area contributed by atoms with Crippen molar-refractivity contribution in [2.24, 2.45) is 0 Å². The number of ether oxygens (including phenoxy) is 1. The second-order valence-electron chi connectivity index (χ2n) is 6.40. The van der Waals surface area contributed by atoms with E-state index in [1.807, 2.05) is 13.8 Å². The number of hydrogen-bond acceptors (Lipinski definition) is 6. The van der Waals surface area contributed by atoms with E-state index in [2.05, 4.69) is 20.8 Å². The van der Waals surface area contributed by atoms with E-state index in [9.17, 15) is 9.59 Å². The second-order valence-corrected chi connectivity index (χ2v) is 7.90. The van der Waals surface area contributed by atoms with Gasteiger partial charge in [0.1, 0.15) is 12.4 Å². The van der Waals surface area contributed by atoms with Gasteiger partial charge in [-0.25, -0.2) is 0 Å². The van der Waals surface area contributed by atoms with Gasteiger partial charge in [0.05, 0.1) is 0 Å². The van der Waals surface area contributed by atoms with Crippen LogP contribution in [0.5, 0.6) is 5.75 Å². The first-order valence-corrected chi connectivity index (χ1v) is 10.0. The van der Waals surface area contributed by atoms with Crippen LogP contribution in [0.15, 0.2) is 48.5 Å². The minimum absolute atomic E-state index is 0.0529. The smallest absolute Gasteiger partial charge is 0.286 e. The Bertz CT molecular complexity index is 988. The van der Waals surface area contributed by atoms with Gasteiger partial charge in [0.25, 0.3) is 11.8 Å². The summed E-state index contributed by atoms with van der Waals surface area (Å²) in [5, 5.41) is 14.9. The molecule has 3 aromatic rings. The Labute approximate surface area is 177 Å². The normalized spacial score (nSPS) is 10.6. The van der Waals surface area contributed by atoms with Crippen molar-refractivity contribution >= 4 is 40.4 Å². The van der Waals surface area contributed by atoms with Crippen molar-refractivity contribution in [3.8, 4) is 5.75 Å². The van der Waals surface area contributed by atoms with Gasteiger partial charge in [0.2, 0.25) is 5.01 Å². The van der Waals surface area contributed by atoms with Crippen molar-refractivity contribution < 1.29 is 14.3 Å². The summed E-state index contributed by atoms with van der Waals surface area (Å²) in [5.41, 5.74) is 1.08. The third-order valence-corrected chi connectivity index (χ3v) is 4.81. The molecule has 7 nitrogen and oxygen atoms in total. The highest BCUT2D eigenvalue weighted by Crippen LogP contribution is 2.19. The lowest BCUT2D eigenvalue weighted by molar-refractivity contribution is 0.0942. The Morgan fingerprint density at radius 3 is 2.38 bits per heavy atom. The molecule has 0 aliphatic carbocycles. The molecular formula is C20H19ClN4O3S. The van der Waals surface area contributed by atoms with Crippen LogP contribution in [-0.4, -0.2) is 28.1 Å². The zero-order valence-electron chi connectivity index (χ0n) is 15.8. The average molecular weight is 431 g/mol. The fourth-order valence-electron chi connectivity index (χ4n) is 2.31. The molecule has 3 rings (SSSR count). The Morgan fingerprint density at radius 1 is 1.03 bits per heavy atom. The van der Waals surface area contributed by atoms with Gasteiger partial charge < -0.3 is 15.4 Å². The fourth-order valence-corrected chi connectivity index (χ4v) is 3.09. The number of hydrogen-bond donors (Lipinski definition) is 2. The lowest BCUT2D eigenvalue weighted by atomic mass is 10.2. The first-order valence-electron chi connectivity index (χ1n) is 8.84. The van der Waals surface area contributed by atoms with Gasteiger partial charge in [0, 0.05) is 22.3 Å². The summed E-state index contributed by atoms with van der Waals surface area (Å²) in [7, 11) is 0. The third-order valence-electron chi connectivity index (χ3n) is 3.66. The molecule has 0 saturated carbocycles. The predicted molar refractivity (Wildman–Crippen MR) is 113 cm³/mol. The third kappa shape index (κ3) is 6.00. The highest BCUT2D eigenvalue weighted by Gasteiger charge is 2.14. The Hall–Kier alpha value is -2.97. The molecule has 0 spiro atoms. The average Bonchev–Trinajstić information content (AvgIpc) is 3.17. The van der Waals surface area contributed by atoms with Crippen molar-refractivity contribution in [2.75, 3.05) is 5.32 Å². The maximum Gasteiger partial charge on any atom is 0.286 e. The van der Waals surface area contributed by atoms with Gasteiger partial charge in [-0.2, -0.15) is 0 Å². The topological polar surface area (TPSA) is 93.2 Å². The summed E-state index contributed by atoms with van der Waals surface area (Å²) in [6, 6.07) is 13.7. The monoisotopic (exact) mass is 430 g/mol. The number of nitrogens with one attached hydrogen (secondary N) is 2. The van der Waals surface area contributed by atoms with Gasteiger partial charge in [-0.05, 0) is 62.4 Å². The molecule has 0 aliphatic heterocycles. The molecule has 1 aromatic heterocycles. The molecule has 2 amide bonds. The molecule has 0 unspecified atom stereocenters. The maximum atomic E-state index is 12.4. The quantitative estimate of drug-likeness (QED) is 0.587. The number of aromatic nitrogens is 2. The van der Waals surface area contributed by atoms with Crippen molar-refractivity contribution in [1.29, 1.82) is 0 Å². The molecule has 0 atom stereocenters. The first kappa shape index (κ1) is 20.8. The summed E-state index contributed by atoms with van der Waals surface area (Å²) in [4.78, 5) is 24.3. The molecule has 0 bridgehead atoms. The molecule has 2 aromatic carbocycles. The molecule has 29 heavy (non-hydrogen) atoms. The number of carbonyl (C=O) groups is 2. The van der Waals surface area contributed by atoms with Gasteiger partial charge in [-0.15, -0.1) is 10.2 Å². The van der Waals surface area contributed by atoms with Crippen LogP contribution < -0.4 is 15.4 Å². The molecule has 9 heteroatoms. The molecule has 0 aliphatic rings. The van der Waals surface area contributed by atoms with Gasteiger partial charge in [-0.1, -0.05) is 22.9 Å². The van der Waals surface area contributed by atoms with Crippen molar-refractivity contribution in [3.05, 3.63) is 69.1 Å². The molecule has 1 heterocycles. The van der Waals surface area contributed by atoms with Crippen molar-refractivity contribution in [2.45, 2.75) is 26.5 Å². The fraction of sp³-hybridized carbons (Fsp3) is 0.200. The van der Waals surface area contributed by atoms with Crippen molar-refractivity contribution in [1.82, 2.24) is 15.5 Å².